The lowest BCUT2D eigenvalue weighted by molar-refractivity contribution is 0.0172. The molecule has 2 rings (SSSR count). The molecule has 0 radical (unpaired) electrons. The highest BCUT2D eigenvalue weighted by atomic mass is 127. The van der Waals surface area contributed by atoms with Gasteiger partial charge in [-0.1, -0.05) is 22.6 Å². The van der Waals surface area contributed by atoms with Crippen molar-refractivity contribution < 1.29 is 14.3 Å². The van der Waals surface area contributed by atoms with Crippen LogP contribution in [0.3, 0.4) is 0 Å². The molecule has 5 heteroatoms. The number of ether oxygens (including phenoxy) is 2. The number of rotatable bonds is 1. The van der Waals surface area contributed by atoms with Gasteiger partial charge in [0.2, 0.25) is 0 Å². The Morgan fingerprint density at radius 1 is 1.47 bits per heavy atom. The van der Waals surface area contributed by atoms with Crippen molar-refractivity contribution in [1.29, 1.82) is 0 Å². The Bertz CT molecular complexity index is 289. The van der Waals surface area contributed by atoms with Gasteiger partial charge in [-0.3, -0.25) is 0 Å². The predicted octanol–water partition coefficient (Wildman–Crippen LogP) is 2.45. The van der Waals surface area contributed by atoms with Gasteiger partial charge >= 0.3 is 6.09 Å². The minimum absolute atomic E-state index is 0.207. The standard InChI is InChI=1S/C12H20INO3/c1-12(2,3)17-11(15)14-6-8-4-9(5-13)16-10(8)7-14/h8-10H,4-7H2,1-3H3. The van der Waals surface area contributed by atoms with Crippen LogP contribution >= 0.6 is 22.6 Å². The van der Waals surface area contributed by atoms with Crippen molar-refractivity contribution in [3.05, 3.63) is 0 Å². The Hall–Kier alpha value is -0.0400. The highest BCUT2D eigenvalue weighted by Crippen LogP contribution is 2.34. The van der Waals surface area contributed by atoms with E-state index in [4.69, 9.17) is 9.47 Å². The third kappa shape index (κ3) is 3.24. The molecule has 0 bridgehead atoms. The van der Waals surface area contributed by atoms with Gasteiger partial charge in [-0.15, -0.1) is 0 Å². The van der Waals surface area contributed by atoms with E-state index in [2.05, 4.69) is 22.6 Å². The van der Waals surface area contributed by atoms with Gasteiger partial charge in [-0.25, -0.2) is 4.79 Å². The van der Waals surface area contributed by atoms with E-state index in [0.29, 0.717) is 18.6 Å². The molecule has 2 saturated heterocycles. The Labute approximate surface area is 116 Å². The highest BCUT2D eigenvalue weighted by Gasteiger charge is 2.43. The normalized spacial score (nSPS) is 32.7. The number of nitrogens with zero attached hydrogens (tertiary/aromatic N) is 1. The quantitative estimate of drug-likeness (QED) is 0.537. The predicted molar refractivity (Wildman–Crippen MR) is 73.5 cm³/mol. The van der Waals surface area contributed by atoms with Crippen LogP contribution in [0.15, 0.2) is 0 Å². The number of hydrogen-bond acceptors (Lipinski definition) is 3. The zero-order valence-electron chi connectivity index (χ0n) is 10.6. The maximum absolute atomic E-state index is 11.9. The highest BCUT2D eigenvalue weighted by molar-refractivity contribution is 14.1. The van der Waals surface area contributed by atoms with Gasteiger partial charge in [-0.05, 0) is 27.2 Å². The molecule has 2 aliphatic rings. The summed E-state index contributed by atoms with van der Waals surface area (Å²) < 4.78 is 12.3. The van der Waals surface area contributed by atoms with Crippen LogP contribution in [0.5, 0.6) is 0 Å². The van der Waals surface area contributed by atoms with Crippen LogP contribution in [-0.2, 0) is 9.47 Å². The first-order chi connectivity index (χ1) is 7.89. The third-order valence-electron chi connectivity index (χ3n) is 3.14. The first-order valence-corrected chi connectivity index (χ1v) is 7.61. The van der Waals surface area contributed by atoms with Gasteiger partial charge in [0, 0.05) is 16.9 Å². The molecule has 3 unspecified atom stereocenters. The molecule has 2 fully saturated rings. The van der Waals surface area contributed by atoms with Crippen molar-refractivity contribution in [3.8, 4) is 0 Å². The fourth-order valence-electron chi connectivity index (χ4n) is 2.44. The SMILES string of the molecule is CC(C)(C)OC(=O)N1CC2CC(CI)OC2C1. The summed E-state index contributed by atoms with van der Waals surface area (Å²) in [5.74, 6) is 0.502. The number of halogens is 1. The summed E-state index contributed by atoms with van der Waals surface area (Å²) >= 11 is 2.36. The number of alkyl halides is 1. The molecule has 1 amide bonds. The Morgan fingerprint density at radius 2 is 2.18 bits per heavy atom. The monoisotopic (exact) mass is 353 g/mol. The van der Waals surface area contributed by atoms with Crippen molar-refractivity contribution in [2.75, 3.05) is 17.5 Å². The van der Waals surface area contributed by atoms with E-state index < -0.39 is 5.60 Å². The minimum Gasteiger partial charge on any atom is -0.444 e. The zero-order chi connectivity index (χ0) is 12.6. The first-order valence-electron chi connectivity index (χ1n) is 6.08. The molecule has 2 aliphatic heterocycles. The van der Waals surface area contributed by atoms with Gasteiger partial charge in [0.25, 0.3) is 0 Å². The molecule has 0 aromatic heterocycles. The second-order valence-corrected chi connectivity index (χ2v) is 6.71. The van der Waals surface area contributed by atoms with Crippen molar-refractivity contribution in [1.82, 2.24) is 4.90 Å². The van der Waals surface area contributed by atoms with Crippen molar-refractivity contribution in [2.45, 2.75) is 45.0 Å². The van der Waals surface area contributed by atoms with Gasteiger partial charge in [0.15, 0.2) is 0 Å². The third-order valence-corrected chi connectivity index (χ3v) is 4.12. The van der Waals surface area contributed by atoms with Gasteiger partial charge < -0.3 is 14.4 Å². The van der Waals surface area contributed by atoms with Crippen molar-refractivity contribution in [3.63, 3.8) is 0 Å². The zero-order valence-corrected chi connectivity index (χ0v) is 12.8. The summed E-state index contributed by atoms with van der Waals surface area (Å²) in [7, 11) is 0. The molecular weight excluding hydrogens is 333 g/mol. The molecule has 98 valence electrons. The lowest BCUT2D eigenvalue weighted by Crippen LogP contribution is -2.36. The molecule has 0 spiro atoms. The van der Waals surface area contributed by atoms with Crippen LogP contribution < -0.4 is 0 Å². The number of fused-ring (bicyclic) bond motifs is 1. The molecule has 0 aromatic rings. The van der Waals surface area contributed by atoms with Crippen molar-refractivity contribution in [2.24, 2.45) is 5.92 Å². The van der Waals surface area contributed by atoms with E-state index in [1.807, 2.05) is 20.8 Å². The summed E-state index contributed by atoms with van der Waals surface area (Å²) in [6.07, 6.45) is 1.47. The van der Waals surface area contributed by atoms with Crippen LogP contribution in [-0.4, -0.2) is 46.3 Å². The molecular formula is C12H20INO3. The fourth-order valence-corrected chi connectivity index (χ4v) is 3.00. The van der Waals surface area contributed by atoms with Crippen LogP contribution in [0.25, 0.3) is 0 Å². The van der Waals surface area contributed by atoms with Gasteiger partial charge in [0.05, 0.1) is 18.8 Å². The maximum Gasteiger partial charge on any atom is 0.410 e. The smallest absolute Gasteiger partial charge is 0.410 e. The molecule has 0 aromatic carbocycles. The average molecular weight is 353 g/mol. The van der Waals surface area contributed by atoms with Crippen molar-refractivity contribution >= 4 is 28.7 Å². The maximum atomic E-state index is 11.9. The Morgan fingerprint density at radius 3 is 2.71 bits per heavy atom. The van der Waals surface area contributed by atoms with E-state index in [0.717, 1.165) is 17.4 Å². The molecule has 3 atom stereocenters. The second kappa shape index (κ2) is 4.91. The molecule has 0 N–H and O–H groups in total. The average Bonchev–Trinajstić information content (AvgIpc) is 2.70. The summed E-state index contributed by atoms with van der Waals surface area (Å²) in [5, 5.41) is 0. The van der Waals surface area contributed by atoms with Crippen LogP contribution in [0.1, 0.15) is 27.2 Å². The van der Waals surface area contributed by atoms with Crippen LogP contribution in [0, 0.1) is 5.92 Å². The number of carbonyl (C=O) groups excluding carboxylic acids is 1. The van der Waals surface area contributed by atoms with E-state index in [1.165, 1.54) is 0 Å². The lowest BCUT2D eigenvalue weighted by Gasteiger charge is -2.25. The largest absolute Gasteiger partial charge is 0.444 e. The number of likely N-dealkylation sites (tertiary alicyclic amines) is 1. The van der Waals surface area contributed by atoms with E-state index in [9.17, 15) is 4.79 Å². The van der Waals surface area contributed by atoms with Crippen LogP contribution in [0.4, 0.5) is 4.79 Å². The lowest BCUT2D eigenvalue weighted by atomic mass is 10.0. The molecule has 4 nitrogen and oxygen atoms in total. The van der Waals surface area contributed by atoms with E-state index in [1.54, 1.807) is 4.90 Å². The second-order valence-electron chi connectivity index (χ2n) is 5.83. The van der Waals surface area contributed by atoms with Gasteiger partial charge in [0.1, 0.15) is 5.60 Å². The number of hydrogen-bond donors (Lipinski definition) is 0. The topological polar surface area (TPSA) is 38.8 Å². The summed E-state index contributed by atoms with van der Waals surface area (Å²) in [6, 6.07) is 0. The Kier molecular flexibility index (Phi) is 3.87. The number of amides is 1. The summed E-state index contributed by atoms with van der Waals surface area (Å²) in [4.78, 5) is 13.7. The molecule has 0 aliphatic carbocycles. The minimum atomic E-state index is -0.416. The number of carbonyl (C=O) groups is 1. The van der Waals surface area contributed by atoms with E-state index in [-0.39, 0.29) is 12.2 Å². The molecule has 0 saturated carbocycles. The summed E-state index contributed by atoms with van der Waals surface area (Å²) in [6.45, 7) is 7.15. The van der Waals surface area contributed by atoms with E-state index >= 15 is 0 Å². The Balaban J connectivity index is 1.86. The summed E-state index contributed by atoms with van der Waals surface area (Å²) in [5.41, 5.74) is -0.416. The van der Waals surface area contributed by atoms with Gasteiger partial charge in [-0.2, -0.15) is 0 Å². The fraction of sp³-hybridized carbons (Fsp3) is 0.917. The molecule has 17 heavy (non-hydrogen) atoms. The molecule has 2 heterocycles. The first kappa shape index (κ1) is 13.4. The van der Waals surface area contributed by atoms with Crippen LogP contribution in [0.2, 0.25) is 0 Å².